The molecule has 0 unspecified atom stereocenters. The molecule has 0 radical (unpaired) electrons. The van der Waals surface area contributed by atoms with Gasteiger partial charge in [-0.25, -0.2) is 9.78 Å². The van der Waals surface area contributed by atoms with Gasteiger partial charge in [0.25, 0.3) is 0 Å². The van der Waals surface area contributed by atoms with Crippen LogP contribution in [0.2, 0.25) is 5.02 Å². The lowest BCUT2D eigenvalue weighted by atomic mass is 10.2. The molecule has 144 valence electrons. The van der Waals surface area contributed by atoms with Crippen LogP contribution in [0.4, 0.5) is 10.6 Å². The molecule has 2 amide bonds. The van der Waals surface area contributed by atoms with Gasteiger partial charge in [0, 0.05) is 45.3 Å². The first-order valence-electron chi connectivity index (χ1n) is 8.86. The van der Waals surface area contributed by atoms with Crippen molar-refractivity contribution in [3.8, 4) is 0 Å². The topological polar surface area (TPSA) is 74.8 Å². The van der Waals surface area contributed by atoms with Crippen LogP contribution in [0.15, 0.2) is 18.3 Å². The number of pyridine rings is 1. The number of piperazine rings is 1. The van der Waals surface area contributed by atoms with E-state index in [1.807, 2.05) is 37.8 Å². The molecule has 1 aliphatic rings. The zero-order valence-corrected chi connectivity index (χ0v) is 16.4. The van der Waals surface area contributed by atoms with Crippen molar-refractivity contribution in [1.29, 1.82) is 0 Å². The molecule has 1 saturated heterocycles. The number of hydrogen-bond donors (Lipinski definition) is 1. The molecule has 0 bridgehead atoms. The highest BCUT2D eigenvalue weighted by atomic mass is 35.5. The minimum absolute atomic E-state index is 0.111. The highest BCUT2D eigenvalue weighted by Crippen LogP contribution is 2.16. The second kappa shape index (κ2) is 9.07. The van der Waals surface area contributed by atoms with Gasteiger partial charge in [0.15, 0.2) is 0 Å². The first kappa shape index (κ1) is 20.3. The molecular weight excluding hydrogens is 356 g/mol. The van der Waals surface area contributed by atoms with Crippen LogP contribution in [0.25, 0.3) is 0 Å². The highest BCUT2D eigenvalue weighted by molar-refractivity contribution is 6.30. The van der Waals surface area contributed by atoms with E-state index in [4.69, 9.17) is 16.3 Å². The monoisotopic (exact) mass is 382 g/mol. The number of alkyl carbamates (subject to hydrolysis) is 1. The molecule has 0 atom stereocenters. The Hall–Kier alpha value is -2.02. The smallest absolute Gasteiger partial charge is 0.407 e. The summed E-state index contributed by atoms with van der Waals surface area (Å²) in [6.07, 6.45) is 2.19. The summed E-state index contributed by atoms with van der Waals surface area (Å²) in [6, 6.07) is 3.71. The third-order valence-corrected chi connectivity index (χ3v) is 4.13. The van der Waals surface area contributed by atoms with E-state index < -0.39 is 11.7 Å². The quantitative estimate of drug-likeness (QED) is 0.792. The van der Waals surface area contributed by atoms with Gasteiger partial charge in [-0.15, -0.1) is 0 Å². The second-order valence-corrected chi connectivity index (χ2v) is 7.67. The first-order chi connectivity index (χ1) is 12.2. The van der Waals surface area contributed by atoms with Crippen LogP contribution in [0, 0.1) is 0 Å². The van der Waals surface area contributed by atoms with Gasteiger partial charge < -0.3 is 19.9 Å². The Balaban J connectivity index is 1.65. The van der Waals surface area contributed by atoms with Crippen molar-refractivity contribution in [2.45, 2.75) is 39.2 Å². The standard InChI is InChI=1S/C18H27ClN4O3/c1-18(2,3)26-17(25)20-8-4-5-16(24)23-11-9-22(10-12-23)15-7-6-14(19)13-21-15/h6-7,13H,4-5,8-12H2,1-3H3,(H,20,25). The molecule has 0 aliphatic carbocycles. The lowest BCUT2D eigenvalue weighted by Gasteiger charge is -2.35. The van der Waals surface area contributed by atoms with E-state index in [1.54, 1.807) is 6.20 Å². The van der Waals surface area contributed by atoms with E-state index in [1.165, 1.54) is 0 Å². The van der Waals surface area contributed by atoms with E-state index in [2.05, 4.69) is 15.2 Å². The summed E-state index contributed by atoms with van der Waals surface area (Å²) in [5.41, 5.74) is -0.515. The Kier molecular flexibility index (Phi) is 7.08. The molecule has 26 heavy (non-hydrogen) atoms. The molecule has 0 aromatic carbocycles. The zero-order valence-electron chi connectivity index (χ0n) is 15.6. The third-order valence-electron chi connectivity index (χ3n) is 3.90. The summed E-state index contributed by atoms with van der Waals surface area (Å²) >= 11 is 5.86. The van der Waals surface area contributed by atoms with E-state index >= 15 is 0 Å². The van der Waals surface area contributed by atoms with Crippen molar-refractivity contribution < 1.29 is 14.3 Å². The van der Waals surface area contributed by atoms with Crippen LogP contribution in [0.5, 0.6) is 0 Å². The van der Waals surface area contributed by atoms with Crippen LogP contribution in [0.1, 0.15) is 33.6 Å². The summed E-state index contributed by atoms with van der Waals surface area (Å²) in [5, 5.41) is 3.28. The number of nitrogens with one attached hydrogen (secondary N) is 1. The molecule has 8 heteroatoms. The SMILES string of the molecule is CC(C)(C)OC(=O)NCCCC(=O)N1CCN(c2ccc(Cl)cn2)CC1. The van der Waals surface area contributed by atoms with Crippen molar-refractivity contribution >= 4 is 29.4 Å². The fraction of sp³-hybridized carbons (Fsp3) is 0.611. The average molecular weight is 383 g/mol. The van der Waals surface area contributed by atoms with Crippen LogP contribution in [-0.4, -0.2) is 60.2 Å². The van der Waals surface area contributed by atoms with Crippen molar-refractivity contribution in [2.24, 2.45) is 0 Å². The number of anilines is 1. The summed E-state index contributed by atoms with van der Waals surface area (Å²) in [5.74, 6) is 0.989. The van der Waals surface area contributed by atoms with Gasteiger partial charge in [0.1, 0.15) is 11.4 Å². The molecule has 1 aromatic heterocycles. The lowest BCUT2D eigenvalue weighted by Crippen LogP contribution is -2.49. The molecule has 2 rings (SSSR count). The molecule has 0 spiro atoms. The maximum Gasteiger partial charge on any atom is 0.407 e. The Bertz CT molecular complexity index is 608. The molecule has 2 heterocycles. The van der Waals surface area contributed by atoms with Gasteiger partial charge in [-0.3, -0.25) is 4.79 Å². The van der Waals surface area contributed by atoms with Crippen molar-refractivity contribution in [1.82, 2.24) is 15.2 Å². The summed E-state index contributed by atoms with van der Waals surface area (Å²) in [7, 11) is 0. The summed E-state index contributed by atoms with van der Waals surface area (Å²) < 4.78 is 5.16. The van der Waals surface area contributed by atoms with E-state index in [0.717, 1.165) is 18.9 Å². The molecular formula is C18H27ClN4O3. The van der Waals surface area contributed by atoms with Crippen molar-refractivity contribution in [2.75, 3.05) is 37.6 Å². The number of carbonyl (C=O) groups is 2. The van der Waals surface area contributed by atoms with Crippen LogP contribution in [0.3, 0.4) is 0 Å². The van der Waals surface area contributed by atoms with E-state index in [9.17, 15) is 9.59 Å². The summed E-state index contributed by atoms with van der Waals surface area (Å²) in [4.78, 5) is 32.2. The van der Waals surface area contributed by atoms with Gasteiger partial charge in [0.2, 0.25) is 5.91 Å². The number of rotatable bonds is 5. The average Bonchev–Trinajstić information content (AvgIpc) is 2.58. The largest absolute Gasteiger partial charge is 0.444 e. The fourth-order valence-electron chi connectivity index (χ4n) is 2.64. The first-order valence-corrected chi connectivity index (χ1v) is 9.23. The minimum Gasteiger partial charge on any atom is -0.444 e. The van der Waals surface area contributed by atoms with Crippen molar-refractivity contribution in [3.63, 3.8) is 0 Å². The number of halogens is 1. The molecule has 1 aromatic rings. The van der Waals surface area contributed by atoms with Crippen LogP contribution in [-0.2, 0) is 9.53 Å². The van der Waals surface area contributed by atoms with E-state index in [-0.39, 0.29) is 5.91 Å². The van der Waals surface area contributed by atoms with Gasteiger partial charge in [-0.2, -0.15) is 0 Å². The van der Waals surface area contributed by atoms with E-state index in [0.29, 0.717) is 37.5 Å². The minimum atomic E-state index is -0.515. The third kappa shape index (κ3) is 6.71. The second-order valence-electron chi connectivity index (χ2n) is 7.23. The summed E-state index contributed by atoms with van der Waals surface area (Å²) in [6.45, 7) is 8.70. The fourth-order valence-corrected chi connectivity index (χ4v) is 2.75. The molecule has 1 fully saturated rings. The number of ether oxygens (including phenoxy) is 1. The predicted octanol–water partition coefficient (Wildman–Crippen LogP) is 2.69. The van der Waals surface area contributed by atoms with Crippen molar-refractivity contribution in [3.05, 3.63) is 23.4 Å². The Morgan fingerprint density at radius 1 is 1.23 bits per heavy atom. The number of carbonyl (C=O) groups excluding carboxylic acids is 2. The molecule has 7 nitrogen and oxygen atoms in total. The Morgan fingerprint density at radius 2 is 1.92 bits per heavy atom. The normalized spacial score (nSPS) is 14.9. The van der Waals surface area contributed by atoms with Crippen LogP contribution >= 0.6 is 11.6 Å². The molecule has 1 aliphatic heterocycles. The maximum atomic E-state index is 12.3. The lowest BCUT2D eigenvalue weighted by molar-refractivity contribution is -0.131. The molecule has 1 N–H and O–H groups in total. The maximum absolute atomic E-state index is 12.3. The van der Waals surface area contributed by atoms with Gasteiger partial charge in [-0.05, 0) is 39.3 Å². The number of aromatic nitrogens is 1. The molecule has 0 saturated carbocycles. The Morgan fingerprint density at radius 3 is 2.50 bits per heavy atom. The number of amides is 2. The van der Waals surface area contributed by atoms with Crippen LogP contribution < -0.4 is 10.2 Å². The van der Waals surface area contributed by atoms with Gasteiger partial charge in [-0.1, -0.05) is 11.6 Å². The van der Waals surface area contributed by atoms with Gasteiger partial charge >= 0.3 is 6.09 Å². The highest BCUT2D eigenvalue weighted by Gasteiger charge is 2.21. The van der Waals surface area contributed by atoms with Gasteiger partial charge in [0.05, 0.1) is 5.02 Å². The zero-order chi connectivity index (χ0) is 19.2. The number of nitrogens with zero attached hydrogens (tertiary/aromatic N) is 3. The Labute approximate surface area is 159 Å². The predicted molar refractivity (Wildman–Crippen MR) is 102 cm³/mol. The number of hydrogen-bond acceptors (Lipinski definition) is 5.